The van der Waals surface area contributed by atoms with E-state index in [1.54, 1.807) is 11.6 Å². The van der Waals surface area contributed by atoms with Crippen molar-refractivity contribution in [1.29, 1.82) is 0 Å². The number of nitrogens with one attached hydrogen (secondary N) is 1. The van der Waals surface area contributed by atoms with E-state index in [9.17, 15) is 4.57 Å². The highest BCUT2D eigenvalue weighted by Crippen LogP contribution is 2.53. The monoisotopic (exact) mass is 463 g/mol. The van der Waals surface area contributed by atoms with E-state index in [0.717, 1.165) is 27.6 Å². The minimum absolute atomic E-state index is 0.394. The molecule has 0 heterocycles. The fraction of sp³-hybridized carbons (Fsp3) is 0. The van der Waals surface area contributed by atoms with Crippen LogP contribution in [0.4, 0.5) is 5.69 Å². The van der Waals surface area contributed by atoms with Crippen LogP contribution in [0.5, 0.6) is 0 Å². The van der Waals surface area contributed by atoms with E-state index in [1.165, 1.54) is 0 Å². The fourth-order valence-electron chi connectivity index (χ4n) is 3.24. The number of fused-ring (bicyclic) bond motifs is 1. The summed E-state index contributed by atoms with van der Waals surface area (Å²) < 4.78 is 14.1. The van der Waals surface area contributed by atoms with E-state index in [-0.39, 0.29) is 0 Å². The topological polar surface area (TPSA) is 29.1 Å². The van der Waals surface area contributed by atoms with Gasteiger partial charge in [-0.25, -0.2) is 0 Å². The molecule has 0 atom stereocenters. The molecular formula is C26H20Cl2NOP. The number of halogens is 2. The third kappa shape index (κ3) is 5.48. The quantitative estimate of drug-likeness (QED) is 0.289. The van der Waals surface area contributed by atoms with E-state index in [0.29, 0.717) is 10.1 Å². The highest BCUT2D eigenvalue weighted by atomic mass is 35.5. The lowest BCUT2D eigenvalue weighted by Gasteiger charge is -2.16. The number of benzene rings is 4. The van der Waals surface area contributed by atoms with Crippen LogP contribution in [0.25, 0.3) is 20.8 Å². The Morgan fingerprint density at radius 2 is 1.13 bits per heavy atom. The van der Waals surface area contributed by atoms with E-state index < -0.39 is 7.29 Å². The van der Waals surface area contributed by atoms with Gasteiger partial charge in [0.15, 0.2) is 0 Å². The van der Waals surface area contributed by atoms with Gasteiger partial charge in [-0.1, -0.05) is 114 Å². The summed E-state index contributed by atoms with van der Waals surface area (Å²) in [7, 11) is -3.30. The summed E-state index contributed by atoms with van der Waals surface area (Å²) in [5.74, 6) is 3.12. The second-order valence-electron chi connectivity index (χ2n) is 7.07. The van der Waals surface area contributed by atoms with Gasteiger partial charge >= 0.3 is 0 Å². The van der Waals surface area contributed by atoms with Gasteiger partial charge in [-0.3, -0.25) is 4.57 Å². The maximum Gasteiger partial charge on any atom is 0.216 e. The summed E-state index contributed by atoms with van der Waals surface area (Å²) in [6.45, 7) is 0. The maximum absolute atomic E-state index is 14.1. The number of hydrogen-bond donors (Lipinski definition) is 1. The molecule has 4 aromatic carbocycles. The zero-order chi connectivity index (χ0) is 21.7. The Hall–Kier alpha value is -2.77. The minimum atomic E-state index is -3.30. The zero-order valence-corrected chi connectivity index (χ0v) is 19.0. The molecule has 154 valence electrons. The second kappa shape index (κ2) is 9.58. The molecular weight excluding hydrogens is 444 g/mol. The van der Waals surface area contributed by atoms with Crippen LogP contribution < -0.4 is 5.09 Å². The first-order valence-electron chi connectivity index (χ1n) is 9.76. The van der Waals surface area contributed by atoms with Gasteiger partial charge in [0.1, 0.15) is 0 Å². The molecule has 0 bridgehead atoms. The van der Waals surface area contributed by atoms with Crippen LogP contribution in [0.15, 0.2) is 115 Å². The van der Waals surface area contributed by atoms with Crippen LogP contribution in [0.2, 0.25) is 0 Å². The predicted octanol–water partition coefficient (Wildman–Crippen LogP) is 9.00. The van der Waals surface area contributed by atoms with E-state index in [1.807, 2.05) is 103 Å². The third-order valence-corrected chi connectivity index (χ3v) is 7.61. The summed E-state index contributed by atoms with van der Waals surface area (Å²) in [4.78, 5) is 0. The predicted molar refractivity (Wildman–Crippen MR) is 136 cm³/mol. The number of hydrogen-bond acceptors (Lipinski definition) is 1. The molecule has 1 N–H and O–H groups in total. The Labute approximate surface area is 192 Å². The number of anilines is 1. The lowest BCUT2D eigenvalue weighted by molar-refractivity contribution is 0.589. The Morgan fingerprint density at radius 1 is 0.645 bits per heavy atom. The van der Waals surface area contributed by atoms with Crippen molar-refractivity contribution in [2.75, 3.05) is 5.09 Å². The van der Waals surface area contributed by atoms with Crippen molar-refractivity contribution in [1.82, 2.24) is 0 Å². The molecule has 0 aromatic heterocycles. The lowest BCUT2D eigenvalue weighted by atomic mass is 10.1. The van der Waals surface area contributed by atoms with Crippen LogP contribution in [0.1, 0.15) is 11.1 Å². The molecule has 31 heavy (non-hydrogen) atoms. The summed E-state index contributed by atoms with van der Waals surface area (Å²) in [5, 5.41) is 6.13. The van der Waals surface area contributed by atoms with Crippen LogP contribution in [0.3, 0.4) is 0 Å². The van der Waals surface area contributed by atoms with Gasteiger partial charge in [-0.2, -0.15) is 0 Å². The van der Waals surface area contributed by atoms with E-state index in [4.69, 9.17) is 23.2 Å². The van der Waals surface area contributed by atoms with Crippen molar-refractivity contribution < 1.29 is 4.57 Å². The van der Waals surface area contributed by atoms with Crippen LogP contribution in [0, 0.1) is 0 Å². The highest BCUT2D eigenvalue weighted by Gasteiger charge is 2.20. The zero-order valence-electron chi connectivity index (χ0n) is 16.6. The molecule has 0 saturated carbocycles. The molecule has 5 heteroatoms. The first kappa shape index (κ1) is 21.5. The van der Waals surface area contributed by atoms with Crippen molar-refractivity contribution in [3.63, 3.8) is 0 Å². The average Bonchev–Trinajstić information content (AvgIpc) is 2.80. The summed E-state index contributed by atoms with van der Waals surface area (Å²) in [6.07, 6.45) is 0. The average molecular weight is 464 g/mol. The SMILES string of the molecule is O=P(/C=C(\Cl)c1ccccc1)(/C=C(\Cl)c1ccccc1)Nc1ccc2ccccc2c1. The minimum Gasteiger partial charge on any atom is -0.330 e. The van der Waals surface area contributed by atoms with Crippen LogP contribution in [-0.4, -0.2) is 0 Å². The molecule has 0 spiro atoms. The van der Waals surface area contributed by atoms with Gasteiger partial charge < -0.3 is 5.09 Å². The summed E-state index contributed by atoms with van der Waals surface area (Å²) >= 11 is 13.1. The van der Waals surface area contributed by atoms with Crippen molar-refractivity contribution in [3.05, 3.63) is 126 Å². The molecule has 2 nitrogen and oxygen atoms in total. The Balaban J connectivity index is 1.76. The lowest BCUT2D eigenvalue weighted by Crippen LogP contribution is -1.94. The first-order valence-corrected chi connectivity index (χ1v) is 12.4. The van der Waals surface area contributed by atoms with E-state index >= 15 is 0 Å². The summed E-state index contributed by atoms with van der Waals surface area (Å²) in [5.41, 5.74) is 2.30. The highest BCUT2D eigenvalue weighted by molar-refractivity contribution is 7.72. The van der Waals surface area contributed by atoms with E-state index in [2.05, 4.69) is 5.09 Å². The van der Waals surface area contributed by atoms with Crippen molar-refractivity contribution in [3.8, 4) is 0 Å². The molecule has 0 fully saturated rings. The third-order valence-electron chi connectivity index (χ3n) is 4.76. The normalized spacial score (nSPS) is 12.7. The van der Waals surface area contributed by atoms with Gasteiger partial charge in [0.2, 0.25) is 7.29 Å². The molecule has 4 rings (SSSR count). The molecule has 0 aliphatic heterocycles. The number of rotatable bonds is 6. The van der Waals surface area contributed by atoms with Crippen molar-refractivity contribution >= 4 is 57.0 Å². The Bertz CT molecular complexity index is 1240. The van der Waals surface area contributed by atoms with Crippen LogP contribution in [-0.2, 0) is 4.57 Å². The maximum atomic E-state index is 14.1. The molecule has 0 saturated heterocycles. The molecule has 0 aliphatic carbocycles. The van der Waals surface area contributed by atoms with Gasteiger partial charge in [0.25, 0.3) is 0 Å². The van der Waals surface area contributed by atoms with Gasteiger partial charge in [0.05, 0.1) is 10.1 Å². The molecule has 0 aliphatic rings. The van der Waals surface area contributed by atoms with Gasteiger partial charge in [-0.05, 0) is 34.0 Å². The van der Waals surface area contributed by atoms with Crippen LogP contribution >= 0.6 is 30.5 Å². The standard InChI is InChI=1S/C26H20Cl2NOP/c27-25(21-10-3-1-4-11-21)18-31(30,19-26(28)22-12-5-2-6-13-22)29-24-16-15-20-9-7-8-14-23(20)17-24/h1-19H,(H,29,30)/b25-18-,26-19-. The van der Waals surface area contributed by atoms with Crippen molar-refractivity contribution in [2.24, 2.45) is 0 Å². The smallest absolute Gasteiger partial charge is 0.216 e. The second-order valence-corrected chi connectivity index (χ2v) is 10.0. The largest absolute Gasteiger partial charge is 0.330 e. The molecule has 4 aromatic rings. The summed E-state index contributed by atoms with van der Waals surface area (Å²) in [6, 6.07) is 32.8. The Kier molecular flexibility index (Phi) is 6.63. The van der Waals surface area contributed by atoms with Crippen molar-refractivity contribution in [2.45, 2.75) is 0 Å². The molecule has 0 radical (unpaired) electrons. The van der Waals surface area contributed by atoms with Gasteiger partial charge in [-0.15, -0.1) is 0 Å². The Morgan fingerprint density at radius 3 is 1.68 bits per heavy atom. The fourth-order valence-corrected chi connectivity index (χ4v) is 6.08. The van der Waals surface area contributed by atoms with Gasteiger partial charge in [0, 0.05) is 17.3 Å². The molecule has 0 unspecified atom stereocenters. The molecule has 0 amide bonds. The first-order chi connectivity index (χ1) is 15.0.